The van der Waals surface area contributed by atoms with E-state index in [4.69, 9.17) is 17.1 Å². The molecule has 0 fully saturated rings. The van der Waals surface area contributed by atoms with Crippen LogP contribution in [0.4, 0.5) is 0 Å². The number of rotatable bonds is 6. The summed E-state index contributed by atoms with van der Waals surface area (Å²) in [6.45, 7) is -8.82. The number of nitrogens with one attached hydrogen (secondary N) is 1. The zero-order valence-corrected chi connectivity index (χ0v) is 10.4. The third kappa shape index (κ3) is 3.94. The van der Waals surface area contributed by atoms with Crippen LogP contribution in [0.1, 0.15) is 26.1 Å². The monoisotopic (exact) mass is 268 g/mol. The van der Waals surface area contributed by atoms with Gasteiger partial charge in [0.25, 0.3) is 0 Å². The van der Waals surface area contributed by atoms with Gasteiger partial charge in [-0.15, -0.1) is 0 Å². The summed E-state index contributed by atoms with van der Waals surface area (Å²) in [5.41, 5.74) is 0. The van der Waals surface area contributed by atoms with E-state index in [0.29, 0.717) is 10.8 Å². The van der Waals surface area contributed by atoms with Crippen LogP contribution in [0.5, 0.6) is 5.75 Å². The topological polar surface area (TPSA) is 41.5 Å². The van der Waals surface area contributed by atoms with Gasteiger partial charge in [0.2, 0.25) is 0 Å². The van der Waals surface area contributed by atoms with Crippen molar-refractivity contribution in [1.82, 2.24) is 5.32 Å². The summed E-state index contributed by atoms with van der Waals surface area (Å²) in [6.07, 6.45) is -3.61. The van der Waals surface area contributed by atoms with Crippen molar-refractivity contribution >= 4 is 10.8 Å². The SMILES string of the molecule is [2H]C([2H])([2H])C([2H])(C)NC([2H])([2H])C([2H])(O)C([2H])([2H])Oc1cccc2ccccc12. The molecule has 2 rings (SSSR count). The van der Waals surface area contributed by atoms with Crippen LogP contribution in [0.15, 0.2) is 42.5 Å². The van der Waals surface area contributed by atoms with E-state index in [0.717, 1.165) is 6.92 Å². The maximum absolute atomic E-state index is 10.4. The van der Waals surface area contributed by atoms with E-state index in [9.17, 15) is 5.11 Å². The summed E-state index contributed by atoms with van der Waals surface area (Å²) >= 11 is 0. The molecule has 3 heteroatoms. The lowest BCUT2D eigenvalue weighted by Gasteiger charge is -2.15. The summed E-state index contributed by atoms with van der Waals surface area (Å²) in [5.74, 6) is -0.0333. The Balaban J connectivity index is 2.39. The van der Waals surface area contributed by atoms with Crippen molar-refractivity contribution in [2.24, 2.45) is 0 Å². The van der Waals surface area contributed by atoms with Gasteiger partial charge < -0.3 is 15.2 Å². The molecular weight excluding hydrogens is 238 g/mol. The summed E-state index contributed by atoms with van der Waals surface area (Å²) in [6, 6.07) is 8.93. The summed E-state index contributed by atoms with van der Waals surface area (Å²) < 4.78 is 74.5. The van der Waals surface area contributed by atoms with E-state index in [2.05, 4.69) is 0 Å². The van der Waals surface area contributed by atoms with Gasteiger partial charge in [0.1, 0.15) is 18.4 Å². The Labute approximate surface area is 126 Å². The molecule has 2 N–H and O–H groups in total. The molecule has 2 aromatic carbocycles. The molecule has 0 bridgehead atoms. The van der Waals surface area contributed by atoms with Crippen LogP contribution in [0, 0.1) is 0 Å². The zero-order valence-electron chi connectivity index (χ0n) is 19.4. The number of benzene rings is 2. The molecule has 2 atom stereocenters. The maximum atomic E-state index is 10.4. The van der Waals surface area contributed by atoms with E-state index >= 15 is 0 Å². The zero-order chi connectivity index (χ0) is 21.6. The highest BCUT2D eigenvalue weighted by atomic mass is 16.5. The van der Waals surface area contributed by atoms with Gasteiger partial charge in [0.15, 0.2) is 0 Å². The Morgan fingerprint density at radius 3 is 3.00 bits per heavy atom. The van der Waals surface area contributed by atoms with Gasteiger partial charge in [-0.1, -0.05) is 50.2 Å². The smallest absolute Gasteiger partial charge is 0.127 e. The lowest BCUT2D eigenvalue weighted by molar-refractivity contribution is 0.105. The van der Waals surface area contributed by atoms with E-state index in [1.807, 2.05) is 0 Å². The van der Waals surface area contributed by atoms with Gasteiger partial charge in [-0.3, -0.25) is 0 Å². The average Bonchev–Trinajstić information content (AvgIpc) is 2.52. The fourth-order valence-electron chi connectivity index (χ4n) is 1.57. The lowest BCUT2D eigenvalue weighted by atomic mass is 10.1. The van der Waals surface area contributed by atoms with Crippen LogP contribution in [0.2, 0.25) is 0 Å². The number of fused-ring (bicyclic) bond motifs is 1. The first-order valence-electron chi connectivity index (χ1n) is 10.2. The normalized spacial score (nSPS) is 26.7. The highest BCUT2D eigenvalue weighted by Crippen LogP contribution is 2.25. The Bertz CT molecular complexity index is 844. The molecular formula is C16H21NO2. The minimum absolute atomic E-state index is 0.0333. The van der Waals surface area contributed by atoms with Crippen LogP contribution < -0.4 is 10.1 Å². The van der Waals surface area contributed by atoms with Crippen molar-refractivity contribution in [2.45, 2.75) is 25.9 Å². The van der Waals surface area contributed by atoms with Crippen molar-refractivity contribution in [2.75, 3.05) is 13.1 Å². The fourth-order valence-corrected chi connectivity index (χ4v) is 1.57. The van der Waals surface area contributed by atoms with Gasteiger partial charge >= 0.3 is 0 Å². The van der Waals surface area contributed by atoms with Crippen LogP contribution >= 0.6 is 0 Å². The Hall–Kier alpha value is -1.58. The third-order valence-electron chi connectivity index (χ3n) is 2.38. The van der Waals surface area contributed by atoms with Crippen LogP contribution in [0.3, 0.4) is 0 Å². The molecule has 0 aromatic heterocycles. The third-order valence-corrected chi connectivity index (χ3v) is 2.38. The lowest BCUT2D eigenvalue weighted by Crippen LogP contribution is -2.35. The predicted molar refractivity (Wildman–Crippen MR) is 78.6 cm³/mol. The van der Waals surface area contributed by atoms with E-state index in [1.165, 1.54) is 6.07 Å². The first-order chi connectivity index (χ1) is 12.5. The molecule has 0 saturated heterocycles. The standard InChI is InChI=1S/C16H21NO2/c1-12(2)17-10-14(18)11-19-16-9-5-7-13-6-3-4-8-15(13)16/h3-9,12,14,17-18H,10-11H2,1-2H3/i1D3,10D2,11D2,12D,14D. The predicted octanol–water partition coefficient (Wildman–Crippen LogP) is 2.58. The molecule has 0 aliphatic rings. The van der Waals surface area contributed by atoms with Crippen LogP contribution in [-0.4, -0.2) is 30.3 Å². The first-order valence-corrected chi connectivity index (χ1v) is 5.70. The maximum Gasteiger partial charge on any atom is 0.127 e. The van der Waals surface area contributed by atoms with Crippen molar-refractivity contribution in [1.29, 1.82) is 0 Å². The average molecular weight is 268 g/mol. The van der Waals surface area contributed by atoms with Crippen molar-refractivity contribution in [3.8, 4) is 5.75 Å². The van der Waals surface area contributed by atoms with E-state index in [-0.39, 0.29) is 5.75 Å². The molecule has 2 unspecified atom stereocenters. The number of hydrogen-bond donors (Lipinski definition) is 2. The highest BCUT2D eigenvalue weighted by Gasteiger charge is 2.07. The molecule has 102 valence electrons. The molecule has 0 radical (unpaired) electrons. The van der Waals surface area contributed by atoms with Gasteiger partial charge in [0, 0.05) is 26.1 Å². The van der Waals surface area contributed by atoms with Gasteiger partial charge in [-0.25, -0.2) is 0 Å². The molecule has 0 aliphatic carbocycles. The second-order valence-electron chi connectivity index (χ2n) is 3.91. The molecule has 3 nitrogen and oxygen atoms in total. The Morgan fingerprint density at radius 1 is 1.37 bits per heavy atom. The first kappa shape index (κ1) is 6.25. The molecule has 0 amide bonds. The minimum Gasteiger partial charge on any atom is -0.490 e. The second kappa shape index (κ2) is 6.55. The number of hydrogen-bond acceptors (Lipinski definition) is 3. The quantitative estimate of drug-likeness (QED) is 0.846. The molecule has 0 saturated carbocycles. The molecule has 2 aromatic rings. The van der Waals surface area contributed by atoms with Gasteiger partial charge in [0.05, 0.1) is 4.11 Å². The molecule has 0 heterocycles. The molecule has 0 aliphatic heterocycles. The Kier molecular flexibility index (Phi) is 2.15. The second-order valence-corrected chi connectivity index (χ2v) is 3.91. The Morgan fingerprint density at radius 2 is 2.16 bits per heavy atom. The highest BCUT2D eigenvalue weighted by molar-refractivity contribution is 5.88. The van der Waals surface area contributed by atoms with E-state index in [1.54, 1.807) is 41.7 Å². The van der Waals surface area contributed by atoms with Crippen molar-refractivity contribution in [3.63, 3.8) is 0 Å². The van der Waals surface area contributed by atoms with Crippen molar-refractivity contribution < 1.29 is 22.2 Å². The van der Waals surface area contributed by atoms with Crippen LogP contribution in [-0.2, 0) is 0 Å². The van der Waals surface area contributed by atoms with E-state index < -0.39 is 32.0 Å². The molecule has 0 spiro atoms. The summed E-state index contributed by atoms with van der Waals surface area (Å²) in [7, 11) is 0. The minimum atomic E-state index is -3.61. The summed E-state index contributed by atoms with van der Waals surface area (Å²) in [5, 5.41) is 13.3. The number of ether oxygens (including phenoxy) is 1. The largest absolute Gasteiger partial charge is 0.490 e. The fraction of sp³-hybridized carbons (Fsp3) is 0.375. The van der Waals surface area contributed by atoms with Gasteiger partial charge in [-0.05, 0) is 11.5 Å². The van der Waals surface area contributed by atoms with Crippen LogP contribution in [0.25, 0.3) is 10.8 Å². The van der Waals surface area contributed by atoms with Crippen molar-refractivity contribution in [3.05, 3.63) is 42.5 Å². The summed E-state index contributed by atoms with van der Waals surface area (Å²) in [4.78, 5) is 0. The van der Waals surface area contributed by atoms with Gasteiger partial charge in [-0.2, -0.15) is 0 Å². The molecule has 19 heavy (non-hydrogen) atoms. The number of aliphatic hydroxyl groups is 1.